The average molecular weight is 516 g/mol. The maximum Gasteiger partial charge on any atom is 0.197 e. The zero-order chi connectivity index (χ0) is 21.8. The van der Waals surface area contributed by atoms with Gasteiger partial charge < -0.3 is 21.4 Å². The van der Waals surface area contributed by atoms with Gasteiger partial charge in [-0.25, -0.2) is 0 Å². The summed E-state index contributed by atoms with van der Waals surface area (Å²) in [6.45, 7) is 14.1. The molecule has 3 aromatic carbocycles. The Hall–Kier alpha value is -1.25. The lowest BCUT2D eigenvalue weighted by Gasteiger charge is -2.42. The van der Waals surface area contributed by atoms with Gasteiger partial charge in [-0.15, -0.1) is 0 Å². The van der Waals surface area contributed by atoms with Gasteiger partial charge in [0.2, 0.25) is 0 Å². The Morgan fingerprint density at radius 2 is 1.03 bits per heavy atom. The van der Waals surface area contributed by atoms with E-state index in [0.717, 1.165) is 6.42 Å². The summed E-state index contributed by atoms with van der Waals surface area (Å²) in [5, 5.41) is 4.36. The van der Waals surface area contributed by atoms with Gasteiger partial charge in [0.05, 0.1) is 0 Å². The first-order valence-corrected chi connectivity index (χ1v) is 15.7. The summed E-state index contributed by atoms with van der Waals surface area (Å²) >= 11 is 0. The van der Waals surface area contributed by atoms with Crippen LogP contribution < -0.4 is 32.9 Å². The molecular formula is C27H36BrOPSi. The normalized spacial score (nSPS) is 13.4. The highest BCUT2D eigenvalue weighted by Crippen LogP contribution is 2.62. The Balaban J connectivity index is 0.00000341. The van der Waals surface area contributed by atoms with Crippen LogP contribution in [0.4, 0.5) is 0 Å². The van der Waals surface area contributed by atoms with Crippen molar-refractivity contribution in [1.29, 1.82) is 0 Å². The summed E-state index contributed by atoms with van der Waals surface area (Å²) < 4.78 is 7.27. The molecule has 0 aromatic heterocycles. The molecule has 31 heavy (non-hydrogen) atoms. The van der Waals surface area contributed by atoms with E-state index in [1.165, 1.54) is 15.9 Å². The quantitative estimate of drug-likeness (QED) is 0.344. The summed E-state index contributed by atoms with van der Waals surface area (Å²) in [5.41, 5.74) is 0. The number of halogens is 1. The van der Waals surface area contributed by atoms with Crippen molar-refractivity contribution in [3.63, 3.8) is 0 Å². The van der Waals surface area contributed by atoms with Crippen LogP contribution in [-0.2, 0) is 4.43 Å². The average Bonchev–Trinajstić information content (AvgIpc) is 2.75. The summed E-state index contributed by atoms with van der Waals surface area (Å²) in [4.78, 5) is 0. The van der Waals surface area contributed by atoms with Gasteiger partial charge in [-0.1, -0.05) is 82.3 Å². The van der Waals surface area contributed by atoms with E-state index in [9.17, 15) is 0 Å². The van der Waals surface area contributed by atoms with E-state index < -0.39 is 15.6 Å². The molecule has 1 nitrogen and oxygen atoms in total. The lowest BCUT2D eigenvalue weighted by atomic mass is 10.2. The van der Waals surface area contributed by atoms with Crippen LogP contribution in [0.5, 0.6) is 0 Å². The first kappa shape index (κ1) is 26.0. The number of hydrogen-bond donors (Lipinski definition) is 0. The summed E-state index contributed by atoms with van der Waals surface area (Å²) in [6, 6.07) is 33.3. The molecule has 0 amide bonds. The van der Waals surface area contributed by atoms with Gasteiger partial charge >= 0.3 is 0 Å². The van der Waals surface area contributed by atoms with Crippen LogP contribution in [0.3, 0.4) is 0 Å². The largest absolute Gasteiger partial charge is 1.00 e. The summed E-state index contributed by atoms with van der Waals surface area (Å²) in [5.74, 6) is 0.144. The Kier molecular flexibility index (Phi) is 8.87. The van der Waals surface area contributed by atoms with Crippen LogP contribution in [0, 0.1) is 0 Å². The third-order valence-electron chi connectivity index (χ3n) is 6.51. The monoisotopic (exact) mass is 514 g/mol. The van der Waals surface area contributed by atoms with Gasteiger partial charge in [0.25, 0.3) is 0 Å². The third-order valence-corrected chi connectivity index (χ3v) is 15.9. The molecule has 0 aliphatic rings. The fourth-order valence-corrected chi connectivity index (χ4v) is 10.9. The first-order chi connectivity index (χ1) is 14.2. The third kappa shape index (κ3) is 5.22. The second kappa shape index (κ2) is 10.6. The fourth-order valence-electron chi connectivity index (χ4n) is 3.89. The van der Waals surface area contributed by atoms with Crippen molar-refractivity contribution in [3.8, 4) is 0 Å². The second-order valence-electron chi connectivity index (χ2n) is 9.47. The zero-order valence-electron chi connectivity index (χ0n) is 19.7. The molecule has 0 aliphatic heterocycles. The van der Waals surface area contributed by atoms with Crippen molar-refractivity contribution < 1.29 is 21.4 Å². The van der Waals surface area contributed by atoms with Crippen LogP contribution >= 0.6 is 7.26 Å². The van der Waals surface area contributed by atoms with Crippen molar-refractivity contribution in [2.75, 3.05) is 0 Å². The van der Waals surface area contributed by atoms with E-state index in [4.69, 9.17) is 4.43 Å². The highest BCUT2D eigenvalue weighted by atomic mass is 79.9. The molecule has 1 unspecified atom stereocenters. The number of benzene rings is 3. The van der Waals surface area contributed by atoms with E-state index in [1.54, 1.807) is 0 Å². The fraction of sp³-hybridized carbons (Fsp3) is 0.333. The van der Waals surface area contributed by atoms with Gasteiger partial charge in [0, 0.05) is 6.42 Å². The Morgan fingerprint density at radius 1 is 0.710 bits per heavy atom. The van der Waals surface area contributed by atoms with Crippen molar-refractivity contribution in [2.24, 2.45) is 0 Å². The van der Waals surface area contributed by atoms with Crippen molar-refractivity contribution in [3.05, 3.63) is 91.0 Å². The minimum absolute atomic E-state index is 0. The molecule has 0 aliphatic carbocycles. The molecule has 0 spiro atoms. The lowest BCUT2D eigenvalue weighted by molar-refractivity contribution is -0.00000729. The van der Waals surface area contributed by atoms with Crippen LogP contribution in [-0.4, -0.2) is 14.2 Å². The molecule has 0 saturated carbocycles. The van der Waals surface area contributed by atoms with Crippen molar-refractivity contribution in [1.82, 2.24) is 0 Å². The Labute approximate surface area is 201 Å². The van der Waals surface area contributed by atoms with E-state index in [-0.39, 0.29) is 27.9 Å². The molecule has 0 radical (unpaired) electrons. The molecule has 0 heterocycles. The zero-order valence-corrected chi connectivity index (χ0v) is 23.2. The van der Waals surface area contributed by atoms with E-state index >= 15 is 0 Å². The molecule has 0 fully saturated rings. The van der Waals surface area contributed by atoms with Crippen LogP contribution in [0.15, 0.2) is 91.0 Å². The predicted molar refractivity (Wildman–Crippen MR) is 138 cm³/mol. The lowest BCUT2D eigenvalue weighted by Crippen LogP contribution is -3.00. The first-order valence-electron chi connectivity index (χ1n) is 11.0. The predicted octanol–water partition coefficient (Wildman–Crippen LogP) is 3.74. The Morgan fingerprint density at radius 3 is 1.29 bits per heavy atom. The van der Waals surface area contributed by atoms with Gasteiger partial charge in [-0.05, 0) is 54.5 Å². The molecular weight excluding hydrogens is 479 g/mol. The standard InChI is InChI=1S/C27H36OPSi.BrH/c1-7-26(28-30(5,6)27(2,3)4)29(23-17-11-8-12-18-23,24-19-13-9-14-20-24)25-21-15-10-16-22-25;/h8-22,26H,7H2,1-6H3;1H/q+1;/p-1. The molecule has 166 valence electrons. The van der Waals surface area contributed by atoms with E-state index in [0.29, 0.717) is 0 Å². The maximum absolute atomic E-state index is 7.27. The highest BCUT2D eigenvalue weighted by molar-refractivity contribution is 7.96. The molecule has 0 N–H and O–H groups in total. The summed E-state index contributed by atoms with van der Waals surface area (Å²) in [7, 11) is -3.99. The van der Waals surface area contributed by atoms with E-state index in [2.05, 4.69) is 132 Å². The number of rotatable bonds is 7. The summed E-state index contributed by atoms with van der Waals surface area (Å²) in [6.07, 6.45) is 0.985. The van der Waals surface area contributed by atoms with Crippen LogP contribution in [0.1, 0.15) is 34.1 Å². The Bertz CT molecular complexity index is 827. The SMILES string of the molecule is CCC(O[Si](C)(C)C(C)(C)C)[P+](c1ccccc1)(c1ccccc1)c1ccccc1.[Br-]. The smallest absolute Gasteiger partial charge is 0.197 e. The molecule has 0 saturated heterocycles. The van der Waals surface area contributed by atoms with Gasteiger partial charge in [-0.3, -0.25) is 0 Å². The van der Waals surface area contributed by atoms with E-state index in [1.807, 2.05) is 0 Å². The van der Waals surface area contributed by atoms with Crippen LogP contribution in [0.2, 0.25) is 18.1 Å². The minimum Gasteiger partial charge on any atom is -1.00 e. The van der Waals surface area contributed by atoms with Gasteiger partial charge in [-0.2, -0.15) is 0 Å². The topological polar surface area (TPSA) is 9.23 Å². The molecule has 3 aromatic rings. The molecule has 4 heteroatoms. The second-order valence-corrected chi connectivity index (χ2v) is 17.8. The van der Waals surface area contributed by atoms with Crippen molar-refractivity contribution in [2.45, 2.75) is 58.1 Å². The highest BCUT2D eigenvalue weighted by Gasteiger charge is 2.55. The minimum atomic E-state index is -2.02. The molecule has 0 bridgehead atoms. The van der Waals surface area contributed by atoms with Gasteiger partial charge in [0.1, 0.15) is 23.2 Å². The van der Waals surface area contributed by atoms with Crippen molar-refractivity contribution >= 4 is 31.5 Å². The van der Waals surface area contributed by atoms with Gasteiger partial charge in [0.15, 0.2) is 14.2 Å². The molecule has 1 atom stereocenters. The molecule has 3 rings (SSSR count). The van der Waals surface area contributed by atoms with Crippen LogP contribution in [0.25, 0.3) is 0 Å². The number of hydrogen-bond acceptors (Lipinski definition) is 1. The maximum atomic E-state index is 7.27.